The van der Waals surface area contributed by atoms with Gasteiger partial charge in [-0.3, -0.25) is 63.5 Å². The number of amides is 8. The number of benzene rings is 6. The normalized spacial score (nSPS) is 18.0. The van der Waals surface area contributed by atoms with Crippen molar-refractivity contribution >= 4 is 243 Å². The Morgan fingerprint density at radius 2 is 0.887 bits per heavy atom. The maximum Gasteiger partial charge on any atom is 1.00 e. The number of aldehydes is 1. The second-order valence-corrected chi connectivity index (χ2v) is 56.1. The van der Waals surface area contributed by atoms with Crippen LogP contribution in [0.3, 0.4) is 0 Å². The fourth-order valence-corrected chi connectivity index (χ4v) is 24.2. The van der Waals surface area contributed by atoms with Crippen LogP contribution in [-0.4, -0.2) is 175 Å². The van der Waals surface area contributed by atoms with Crippen LogP contribution in [0.1, 0.15) is 172 Å². The van der Waals surface area contributed by atoms with Crippen LogP contribution in [0.15, 0.2) is 125 Å². The van der Waals surface area contributed by atoms with Crippen LogP contribution in [0.2, 0.25) is 89.5 Å². The Bertz CT molecular complexity index is 5250. The number of ether oxygens (including phenoxy) is 2. The maximum atomic E-state index is 13.9. The summed E-state index contributed by atoms with van der Waals surface area (Å²) in [5, 5.41) is 34.0. The van der Waals surface area contributed by atoms with Gasteiger partial charge in [0.25, 0.3) is 11.8 Å². The molecule has 3 aliphatic heterocycles. The zero-order valence-corrected chi connectivity index (χ0v) is 95.9. The Kier molecular flexibility index (Phi) is 50.3. The number of hydrogen-bond acceptors (Lipinski definition) is 16. The van der Waals surface area contributed by atoms with Crippen molar-refractivity contribution in [2.24, 2.45) is 32.4 Å². The van der Waals surface area contributed by atoms with Crippen molar-refractivity contribution in [1.82, 2.24) is 20.4 Å². The zero-order chi connectivity index (χ0) is 109. The van der Waals surface area contributed by atoms with E-state index >= 15 is 0 Å². The van der Waals surface area contributed by atoms with E-state index in [-0.39, 0.29) is 91.6 Å². The molecule has 6 aromatic carbocycles. The fraction of sp³-hybridized carbons (Fsp3) is 0.505. The Hall–Kier alpha value is -6.84. The van der Waals surface area contributed by atoms with Gasteiger partial charge in [-0.15, -0.1) is 0 Å². The van der Waals surface area contributed by atoms with E-state index in [0.717, 1.165) is 21.3 Å². The van der Waals surface area contributed by atoms with Crippen LogP contribution < -0.4 is 65.7 Å². The first-order valence-electron chi connectivity index (χ1n) is 43.4. The molecule has 0 bridgehead atoms. The Morgan fingerprint density at radius 1 is 0.546 bits per heavy atom. The van der Waals surface area contributed by atoms with Crippen molar-refractivity contribution in [2.75, 3.05) is 25.3 Å². The van der Waals surface area contributed by atoms with Crippen molar-refractivity contribution in [3.8, 4) is 0 Å². The molecule has 7 N–H and O–H groups in total. The van der Waals surface area contributed by atoms with Gasteiger partial charge >= 0.3 is 55.1 Å². The van der Waals surface area contributed by atoms with Gasteiger partial charge < -0.3 is 55.7 Å². The van der Waals surface area contributed by atoms with Crippen LogP contribution in [-0.2, 0) is 59.0 Å². The SMILES string of the molecule is CC(C)(C)C=O.CC(C)(C)[C@@H]1N(c2cc(Cl)cc(Cl)c2)C(=O)[C@@](C)(Cc2ccc(Br)cc2)N1C(=O)C(F)(F)F.C[C@@H](N)C(=O)Nc1cc(Cl)cc(Cl)c1.C[C@@H](N=C([O-])OC(C)(C)C)C(=O)O.C[C@@H](NC(=O)OC(C)(C)C)C(=O)Nc1cc(Cl)cc(Cl)c1.C[C@@H]1C(=O)N(c2cc(Cl)cc(Cl)c2)[C@@H](C(C)(C)C)N1C(=O)C(F)(F)F.C[C@H]1N[C@H](C(C)(C)C)N(c2cc(Cl)cc(Cl)c2)C1=O.C[Si](C)(C)[N-][Si](C)(C)C.[Li+]. The molecule has 3 saturated heterocycles. The Morgan fingerprint density at radius 3 is 1.19 bits per heavy atom. The minimum Gasteiger partial charge on any atom is -0.668 e. The van der Waals surface area contributed by atoms with Crippen molar-refractivity contribution in [2.45, 2.75) is 290 Å². The predicted molar refractivity (Wildman–Crippen MR) is 559 cm³/mol. The van der Waals surface area contributed by atoms with Crippen molar-refractivity contribution in [1.29, 1.82) is 0 Å². The van der Waals surface area contributed by atoms with Gasteiger partial charge in [0.15, 0.2) is 0 Å². The number of nitrogens with zero attached hydrogens (tertiary/aromatic N) is 7. The number of hydrogen-bond donors (Lipinski definition) is 6. The summed E-state index contributed by atoms with van der Waals surface area (Å²) in [7, 11) is -2.21. The molecule has 9 atom stereocenters. The average molecular weight is 2270 g/mol. The number of carboxylic acids is 1. The molecule has 0 spiro atoms. The first-order chi connectivity index (χ1) is 63.0. The second-order valence-electron chi connectivity index (χ2n) is 41.3. The third-order valence-electron chi connectivity index (χ3n) is 18.5. The number of nitrogens with one attached hydrogen (secondary N) is 4. The summed E-state index contributed by atoms with van der Waals surface area (Å²) in [6.45, 7) is 54.9. The van der Waals surface area contributed by atoms with Crippen molar-refractivity contribution < 1.29 is 113 Å². The van der Waals surface area contributed by atoms with E-state index in [4.69, 9.17) is 141 Å². The zero-order valence-electron chi connectivity index (χ0n) is 84.8. The molecule has 141 heavy (non-hydrogen) atoms. The monoisotopic (exact) mass is 2270 g/mol. The molecule has 3 heterocycles. The largest absolute Gasteiger partial charge is 1.00 e. The van der Waals surface area contributed by atoms with Gasteiger partial charge in [-0.1, -0.05) is 304 Å². The summed E-state index contributed by atoms with van der Waals surface area (Å²) in [5.41, 5.74) is 3.09. The van der Waals surface area contributed by atoms with Gasteiger partial charge in [-0.2, -0.15) is 26.3 Å². The summed E-state index contributed by atoms with van der Waals surface area (Å²) >= 11 is 62.8. The predicted octanol–water partition coefficient (Wildman–Crippen LogP) is 22.4. The molecule has 0 radical (unpaired) electrons. The molecule has 3 aliphatic rings. The average Bonchev–Trinajstić information content (AvgIpc) is 1.55. The van der Waals surface area contributed by atoms with Crippen LogP contribution in [0.25, 0.3) is 4.65 Å². The summed E-state index contributed by atoms with van der Waals surface area (Å²) in [6.07, 6.45) is -13.4. The molecule has 0 saturated carbocycles. The van der Waals surface area contributed by atoms with E-state index in [1.165, 1.54) is 62.1 Å². The quantitative estimate of drug-likeness (QED) is 0.0194. The van der Waals surface area contributed by atoms with Gasteiger partial charge in [0.2, 0.25) is 17.7 Å². The summed E-state index contributed by atoms with van der Waals surface area (Å²) in [5.74, 6) is -7.20. The molecule has 9 rings (SSSR count). The molecular formula is C95H127BrCl10F6LiN12O14Si2-. The minimum absolute atomic E-state index is 0. The number of carbonyl (C=O) groups is 10. The molecule has 3 fully saturated rings. The van der Waals surface area contributed by atoms with E-state index in [1.807, 2.05) is 27.7 Å². The minimum atomic E-state index is -5.17. The molecular weight excluding hydrogens is 2140 g/mol. The molecule has 780 valence electrons. The summed E-state index contributed by atoms with van der Waals surface area (Å²) < 4.78 is 96.1. The van der Waals surface area contributed by atoms with Crippen LogP contribution in [0, 0.1) is 21.7 Å². The van der Waals surface area contributed by atoms with Crippen LogP contribution in [0.5, 0.6) is 0 Å². The van der Waals surface area contributed by atoms with E-state index in [2.05, 4.69) is 102 Å². The number of nitrogens with two attached hydrogens (primary N) is 1. The number of halogens is 17. The Balaban J connectivity index is 0.000000838. The van der Waals surface area contributed by atoms with Gasteiger partial charge in [0.05, 0.1) is 18.2 Å². The summed E-state index contributed by atoms with van der Waals surface area (Å²) in [4.78, 5) is 127. The van der Waals surface area contributed by atoms with E-state index in [1.54, 1.807) is 181 Å². The molecule has 0 aliphatic carbocycles. The third-order valence-corrected chi connectivity index (χ3v) is 26.6. The fourth-order valence-electron chi connectivity index (χ4n) is 13.3. The third kappa shape index (κ3) is 45.2. The standard InChI is InChI=1S/C23H22BrCl2F3N2O2.C16H17Cl2F3N2O2.C14H18Cl2N2O3.C14H18Cl2N2O.C9H10Cl2N2O.C8H15NO4.C6H18NSi2.C5H10O.Li/c1-21(2,3)18-30(17-10-15(25)9-16(26)11-17)19(32)22(4,31(18)20(33)23(27,28)29)12-13-5-7-14(24)8-6-13;1-8-12(24)23(11-6-9(17)5-10(18)7-11)13(15(2,3)4)22(8)14(25)16(19,20)21;1-8(17-13(20)21-14(2,3)4)12(19)18-11-6-9(15)5-10(16)7-11;1-8-12(19)18(13(17-8)14(2,3)4)11-6-9(15)5-10(16)7-11;1-5(12)9(14)13-8-3-6(10)2-7(11)4-8;1-5(6(10)11)9-7(12)13-8(2,3)4;1-8(2,3)7-9(4,5)6;1-5(2,3)4-6;/h5-11,18H,12H2,1-4H3;5-8,13H,1-4H3;5-8H,1-4H3,(H,17,20)(H,18,19);5-8,13,17H,1-4H3;2-5H,12H2,1H3,(H,13,14);5H,1-4H3,(H,9,12)(H,10,11);1-6H3;4H,1-3H3;/q;;;;;;-1;;+1/p-1/t18-,22-;8-,13+;8-;8-,13+;2*5-;;;/m111111.../s1. The number of carboxylic acid groups (broad SMARTS) is 1. The molecule has 26 nitrogen and oxygen atoms in total. The second kappa shape index (κ2) is 53.7. The number of rotatable bonds is 14. The van der Waals surface area contributed by atoms with E-state index in [0.29, 0.717) is 56.9 Å². The van der Waals surface area contributed by atoms with Gasteiger partial charge in [-0.05, 0) is 176 Å². The van der Waals surface area contributed by atoms with Crippen molar-refractivity contribution in [3.63, 3.8) is 0 Å². The smallest absolute Gasteiger partial charge is 0.668 e. The number of carbonyl (C=O) groups excluding carboxylic acids is 9. The molecule has 6 aromatic rings. The summed E-state index contributed by atoms with van der Waals surface area (Å²) in [6, 6.07) is 26.3. The van der Waals surface area contributed by atoms with E-state index in [9.17, 15) is 79.4 Å². The van der Waals surface area contributed by atoms with E-state index < -0.39 is 141 Å². The molecule has 8 amide bonds. The number of alkyl carbamates (subject to hydrolysis) is 1. The number of aliphatic imine (C=N–C) groups is 1. The number of alkyl halides is 6. The van der Waals surface area contributed by atoms with Gasteiger partial charge in [0, 0.05) is 111 Å². The van der Waals surface area contributed by atoms with Crippen molar-refractivity contribution in [3.05, 3.63) is 180 Å². The molecule has 0 aromatic heterocycles. The van der Waals surface area contributed by atoms with Crippen LogP contribution in [0.4, 0.5) is 59.6 Å². The van der Waals surface area contributed by atoms with Gasteiger partial charge in [0.1, 0.15) is 54.0 Å². The topological polar surface area (TPSA) is 349 Å². The molecule has 46 heteroatoms. The van der Waals surface area contributed by atoms with Gasteiger partial charge in [-0.25, -0.2) is 9.59 Å². The first-order valence-corrected chi connectivity index (χ1v) is 54.9. The maximum absolute atomic E-state index is 13.9. The number of aliphatic carboxylic acids is 1. The molecule has 0 unspecified atom stereocenters. The first kappa shape index (κ1) is 132. The van der Waals surface area contributed by atoms with Crippen LogP contribution >= 0.6 is 132 Å². The Labute approximate surface area is 896 Å². The number of anilines is 5.